The topological polar surface area (TPSA) is 40.5 Å². The highest BCUT2D eigenvalue weighted by Crippen LogP contribution is 2.48. The van der Waals surface area contributed by atoms with Crippen LogP contribution in [0.2, 0.25) is 0 Å². The molecule has 0 fully saturated rings. The minimum absolute atomic E-state index is 0.118. The van der Waals surface area contributed by atoms with E-state index in [1.54, 1.807) is 0 Å². The summed E-state index contributed by atoms with van der Waals surface area (Å²) in [6.07, 6.45) is 9.52. The van der Waals surface area contributed by atoms with Gasteiger partial charge in [0.2, 0.25) is 0 Å². The molecule has 0 spiro atoms. The molecule has 24 heavy (non-hydrogen) atoms. The van der Waals surface area contributed by atoms with Crippen LogP contribution in [0.3, 0.4) is 0 Å². The van der Waals surface area contributed by atoms with Crippen molar-refractivity contribution < 1.29 is 10.2 Å². The molecule has 0 radical (unpaired) electrons. The van der Waals surface area contributed by atoms with E-state index in [0.717, 1.165) is 43.2 Å². The number of aromatic hydroxyl groups is 2. The Hall–Kier alpha value is -1.70. The van der Waals surface area contributed by atoms with Crippen molar-refractivity contribution in [1.82, 2.24) is 0 Å². The van der Waals surface area contributed by atoms with E-state index < -0.39 is 0 Å². The maximum atomic E-state index is 10.6. The molecule has 1 aliphatic carbocycles. The summed E-state index contributed by atoms with van der Waals surface area (Å²) in [6, 6.07) is 3.70. The Morgan fingerprint density at radius 2 is 1.83 bits per heavy atom. The lowest BCUT2D eigenvalue weighted by Crippen LogP contribution is -2.18. The molecule has 0 bridgehead atoms. The summed E-state index contributed by atoms with van der Waals surface area (Å²) in [6.45, 7) is 10.5. The molecular weight excluding hydrogens is 296 g/mol. The van der Waals surface area contributed by atoms with Crippen molar-refractivity contribution in [2.75, 3.05) is 0 Å². The van der Waals surface area contributed by atoms with Crippen molar-refractivity contribution in [2.24, 2.45) is 5.92 Å². The monoisotopic (exact) mass is 328 g/mol. The Bertz CT molecular complexity index is 589. The molecule has 0 heterocycles. The summed E-state index contributed by atoms with van der Waals surface area (Å²) in [5, 5.41) is 21.3. The third-order valence-electron chi connectivity index (χ3n) is 5.35. The van der Waals surface area contributed by atoms with E-state index in [9.17, 15) is 10.2 Å². The summed E-state index contributed by atoms with van der Waals surface area (Å²) in [5.74, 6) is 0.889. The van der Waals surface area contributed by atoms with Crippen molar-refractivity contribution in [3.05, 3.63) is 47.1 Å². The Labute approximate surface area is 146 Å². The first-order valence-electron chi connectivity index (χ1n) is 9.35. The van der Waals surface area contributed by atoms with Crippen LogP contribution in [0, 0.1) is 5.92 Å². The van der Waals surface area contributed by atoms with Crippen LogP contribution in [-0.2, 0) is 6.42 Å². The van der Waals surface area contributed by atoms with Crippen LogP contribution in [-0.4, -0.2) is 10.2 Å². The maximum absolute atomic E-state index is 10.6. The fraction of sp³-hybridized carbons (Fsp3) is 0.545. The number of rotatable bonds is 7. The molecule has 0 unspecified atom stereocenters. The van der Waals surface area contributed by atoms with Gasteiger partial charge in [-0.25, -0.2) is 0 Å². The first-order valence-corrected chi connectivity index (χ1v) is 9.35. The Balaban J connectivity index is 2.32. The summed E-state index contributed by atoms with van der Waals surface area (Å²) < 4.78 is 0. The second kappa shape index (κ2) is 8.41. The van der Waals surface area contributed by atoms with Gasteiger partial charge in [0.25, 0.3) is 0 Å². The van der Waals surface area contributed by atoms with Crippen molar-refractivity contribution in [3.8, 4) is 11.5 Å². The van der Waals surface area contributed by atoms with E-state index in [1.807, 2.05) is 12.1 Å². The van der Waals surface area contributed by atoms with Crippen molar-refractivity contribution >= 4 is 0 Å². The lowest BCUT2D eigenvalue weighted by atomic mass is 9.72. The summed E-state index contributed by atoms with van der Waals surface area (Å²) >= 11 is 0. The number of phenols is 2. The molecule has 2 atom stereocenters. The zero-order chi connectivity index (χ0) is 17.7. The zero-order valence-electron chi connectivity index (χ0n) is 15.4. The summed E-state index contributed by atoms with van der Waals surface area (Å²) in [7, 11) is 0. The van der Waals surface area contributed by atoms with Gasteiger partial charge in [-0.3, -0.25) is 0 Å². The molecular formula is C22H32O2. The first kappa shape index (κ1) is 18.6. The van der Waals surface area contributed by atoms with Crippen LogP contribution in [0.4, 0.5) is 0 Å². The second-order valence-corrected chi connectivity index (χ2v) is 7.22. The molecule has 1 aromatic carbocycles. The predicted octanol–water partition coefficient (Wildman–Crippen LogP) is 6.24. The molecule has 1 aliphatic rings. The van der Waals surface area contributed by atoms with Gasteiger partial charge < -0.3 is 10.2 Å². The summed E-state index contributed by atoms with van der Waals surface area (Å²) in [4.78, 5) is 0. The lowest BCUT2D eigenvalue weighted by molar-refractivity contribution is 0.389. The largest absolute Gasteiger partial charge is 0.508 e. The van der Waals surface area contributed by atoms with Crippen LogP contribution in [0.25, 0.3) is 0 Å². The molecule has 0 aromatic heterocycles. The van der Waals surface area contributed by atoms with Gasteiger partial charge in [-0.1, -0.05) is 50.5 Å². The third kappa shape index (κ3) is 4.23. The van der Waals surface area contributed by atoms with E-state index in [4.69, 9.17) is 0 Å². The normalized spacial score (nSPS) is 20.7. The van der Waals surface area contributed by atoms with Gasteiger partial charge in [0.15, 0.2) is 0 Å². The van der Waals surface area contributed by atoms with E-state index in [-0.39, 0.29) is 23.3 Å². The molecule has 2 nitrogen and oxygen atoms in total. The number of aryl methyl sites for hydroxylation is 1. The Morgan fingerprint density at radius 1 is 1.17 bits per heavy atom. The Kier molecular flexibility index (Phi) is 6.53. The van der Waals surface area contributed by atoms with Gasteiger partial charge in [-0.15, -0.1) is 0 Å². The number of allylic oxidation sites excluding steroid dienone is 3. The molecule has 2 rings (SSSR count). The minimum Gasteiger partial charge on any atom is -0.508 e. The molecule has 1 aromatic rings. The van der Waals surface area contributed by atoms with Gasteiger partial charge in [0.1, 0.15) is 11.5 Å². The minimum atomic E-state index is 0.118. The highest BCUT2D eigenvalue weighted by Gasteiger charge is 2.31. The van der Waals surface area contributed by atoms with Crippen molar-refractivity contribution in [2.45, 2.75) is 71.6 Å². The van der Waals surface area contributed by atoms with Crippen LogP contribution in [0.15, 0.2) is 35.9 Å². The molecule has 0 aliphatic heterocycles. The van der Waals surface area contributed by atoms with Crippen LogP contribution < -0.4 is 0 Å². The van der Waals surface area contributed by atoms with Gasteiger partial charge in [0.05, 0.1) is 0 Å². The standard InChI is InChI=1S/C22H32O2/c1-5-7-8-9-17-13-20(23)22(21(24)14-17)19-12-16(6-2)10-11-18(19)15(3)4/h10,13-14,18-19,23-24H,3,5-9,11-12H2,1-2,4H3/t18-,19+/m0/s1. The van der Waals surface area contributed by atoms with E-state index in [2.05, 4.69) is 33.4 Å². The third-order valence-corrected chi connectivity index (χ3v) is 5.35. The highest BCUT2D eigenvalue weighted by molar-refractivity contribution is 5.50. The maximum Gasteiger partial charge on any atom is 0.123 e. The Morgan fingerprint density at radius 3 is 2.38 bits per heavy atom. The smallest absolute Gasteiger partial charge is 0.123 e. The number of unbranched alkanes of at least 4 members (excludes halogenated alkanes) is 2. The molecule has 0 saturated carbocycles. The first-order chi connectivity index (χ1) is 11.5. The molecule has 2 N–H and O–H groups in total. The van der Waals surface area contributed by atoms with E-state index in [0.29, 0.717) is 5.56 Å². The average Bonchev–Trinajstić information content (AvgIpc) is 2.54. The van der Waals surface area contributed by atoms with Gasteiger partial charge in [-0.05, 0) is 62.6 Å². The van der Waals surface area contributed by atoms with E-state index >= 15 is 0 Å². The van der Waals surface area contributed by atoms with E-state index in [1.165, 1.54) is 18.4 Å². The second-order valence-electron chi connectivity index (χ2n) is 7.22. The lowest BCUT2D eigenvalue weighted by Gasteiger charge is -2.33. The molecule has 132 valence electrons. The van der Waals surface area contributed by atoms with Crippen LogP contribution in [0.1, 0.15) is 76.3 Å². The van der Waals surface area contributed by atoms with Crippen LogP contribution in [0.5, 0.6) is 11.5 Å². The van der Waals surface area contributed by atoms with Gasteiger partial charge in [0, 0.05) is 11.5 Å². The van der Waals surface area contributed by atoms with Crippen LogP contribution >= 0.6 is 0 Å². The average molecular weight is 328 g/mol. The van der Waals surface area contributed by atoms with Gasteiger partial charge >= 0.3 is 0 Å². The fourth-order valence-electron chi connectivity index (χ4n) is 3.89. The predicted molar refractivity (Wildman–Crippen MR) is 102 cm³/mol. The number of hydrogen-bond acceptors (Lipinski definition) is 2. The zero-order valence-corrected chi connectivity index (χ0v) is 15.4. The quantitative estimate of drug-likeness (QED) is 0.459. The molecule has 0 saturated heterocycles. The van der Waals surface area contributed by atoms with Crippen molar-refractivity contribution in [1.29, 1.82) is 0 Å². The number of phenolic OH excluding ortho intramolecular Hbond substituents is 2. The molecule has 2 heteroatoms. The SMILES string of the molecule is C=C(C)[C@@H]1CC=C(CC)C[C@H]1c1c(O)cc(CCCCC)cc1O. The summed E-state index contributed by atoms with van der Waals surface area (Å²) in [5.41, 5.74) is 4.26. The molecule has 0 amide bonds. The number of benzene rings is 1. The number of hydrogen-bond donors (Lipinski definition) is 2. The van der Waals surface area contributed by atoms with Gasteiger partial charge in [-0.2, -0.15) is 0 Å². The fourth-order valence-corrected chi connectivity index (χ4v) is 3.89. The highest BCUT2D eigenvalue weighted by atomic mass is 16.3. The van der Waals surface area contributed by atoms with Crippen molar-refractivity contribution in [3.63, 3.8) is 0 Å².